The van der Waals surface area contributed by atoms with Crippen LogP contribution in [0.25, 0.3) is 0 Å². The van der Waals surface area contributed by atoms with Gasteiger partial charge in [0.15, 0.2) is 0 Å². The summed E-state index contributed by atoms with van der Waals surface area (Å²) in [6.45, 7) is 2.31. The normalized spacial score (nSPS) is 35.5. The van der Waals surface area contributed by atoms with Gasteiger partial charge < -0.3 is 0 Å². The fourth-order valence-corrected chi connectivity index (χ4v) is 4.58. The minimum atomic E-state index is 0.726. The average Bonchev–Trinajstić information content (AvgIpc) is 2.52. The van der Waals surface area contributed by atoms with Crippen LogP contribution in [0.4, 0.5) is 4.39 Å². The van der Waals surface area contributed by atoms with Crippen LogP contribution in [0.1, 0.15) is 84.0 Å². The molecule has 0 aromatic rings. The Morgan fingerprint density at radius 1 is 0.850 bits per heavy atom. The van der Waals surface area contributed by atoms with Gasteiger partial charge in [0.1, 0.15) is 0 Å². The molecule has 0 nitrogen and oxygen atoms in total. The predicted molar refractivity (Wildman–Crippen MR) is 85.3 cm³/mol. The van der Waals surface area contributed by atoms with Crippen LogP contribution in [0, 0.1) is 23.7 Å². The Bertz CT molecular complexity index is 267. The van der Waals surface area contributed by atoms with Gasteiger partial charge in [-0.1, -0.05) is 45.1 Å². The smallest absolute Gasteiger partial charge is 0.0827 e. The van der Waals surface area contributed by atoms with Crippen molar-refractivity contribution in [2.45, 2.75) is 84.0 Å². The van der Waals surface area contributed by atoms with Gasteiger partial charge in [-0.3, -0.25) is 0 Å². The molecule has 0 aromatic carbocycles. The lowest BCUT2D eigenvalue weighted by molar-refractivity contribution is 0.143. The van der Waals surface area contributed by atoms with Crippen LogP contribution in [-0.4, -0.2) is 0 Å². The fourth-order valence-electron chi connectivity index (χ4n) is 4.58. The predicted octanol–water partition coefficient (Wildman–Crippen LogP) is 6.66. The molecule has 116 valence electrons. The van der Waals surface area contributed by atoms with E-state index in [1.54, 1.807) is 6.08 Å². The maximum Gasteiger partial charge on any atom is 0.0827 e. The largest absolute Gasteiger partial charge is 0.216 e. The van der Waals surface area contributed by atoms with Crippen molar-refractivity contribution in [2.75, 3.05) is 0 Å². The van der Waals surface area contributed by atoms with Gasteiger partial charge in [-0.05, 0) is 68.6 Å². The highest BCUT2D eigenvalue weighted by Gasteiger charge is 2.30. The summed E-state index contributed by atoms with van der Waals surface area (Å²) >= 11 is 0. The molecular weight excluding hydrogens is 247 g/mol. The first kappa shape index (κ1) is 16.0. The number of rotatable bonds is 6. The van der Waals surface area contributed by atoms with E-state index in [0.29, 0.717) is 0 Å². The number of halogens is 1. The molecular formula is C19H33F. The average molecular weight is 280 g/mol. The summed E-state index contributed by atoms with van der Waals surface area (Å²) in [7, 11) is 0. The lowest BCUT2D eigenvalue weighted by Crippen LogP contribution is -2.25. The van der Waals surface area contributed by atoms with E-state index >= 15 is 0 Å². The Morgan fingerprint density at radius 3 is 1.90 bits per heavy atom. The zero-order chi connectivity index (χ0) is 14.2. The summed E-state index contributed by atoms with van der Waals surface area (Å²) in [4.78, 5) is 0. The van der Waals surface area contributed by atoms with Gasteiger partial charge in [-0.15, -0.1) is 0 Å². The Morgan fingerprint density at radius 2 is 1.40 bits per heavy atom. The van der Waals surface area contributed by atoms with Crippen LogP contribution in [0.15, 0.2) is 12.4 Å². The Hall–Kier alpha value is -0.330. The highest BCUT2D eigenvalue weighted by atomic mass is 19.1. The monoisotopic (exact) mass is 280 g/mol. The first-order valence-electron chi connectivity index (χ1n) is 9.08. The molecule has 0 aliphatic heterocycles. The molecule has 0 atom stereocenters. The van der Waals surface area contributed by atoms with Crippen LogP contribution in [-0.2, 0) is 0 Å². The third kappa shape index (κ3) is 4.90. The maximum atomic E-state index is 12.1. The lowest BCUT2D eigenvalue weighted by atomic mass is 9.68. The number of unbranched alkanes of at least 4 members (excludes halogenated alkanes) is 1. The third-order valence-corrected chi connectivity index (χ3v) is 5.97. The molecule has 2 aliphatic carbocycles. The minimum absolute atomic E-state index is 0.726. The molecule has 0 aromatic heterocycles. The molecule has 0 N–H and O–H groups in total. The zero-order valence-electron chi connectivity index (χ0n) is 13.3. The van der Waals surface area contributed by atoms with Gasteiger partial charge in [0.05, 0.1) is 6.33 Å². The summed E-state index contributed by atoms with van der Waals surface area (Å²) < 4.78 is 12.1. The van der Waals surface area contributed by atoms with E-state index in [-0.39, 0.29) is 0 Å². The minimum Gasteiger partial charge on any atom is -0.216 e. The van der Waals surface area contributed by atoms with Crippen LogP contribution in [0.3, 0.4) is 0 Å². The summed E-state index contributed by atoms with van der Waals surface area (Å²) in [6, 6.07) is 0. The van der Waals surface area contributed by atoms with Crippen molar-refractivity contribution in [1.82, 2.24) is 0 Å². The fraction of sp³-hybridized carbons (Fsp3) is 0.895. The third-order valence-electron chi connectivity index (χ3n) is 5.97. The Balaban J connectivity index is 1.65. The molecule has 0 heterocycles. The molecule has 0 radical (unpaired) electrons. The maximum absolute atomic E-state index is 12.1. The molecule has 0 unspecified atom stereocenters. The zero-order valence-corrected chi connectivity index (χ0v) is 13.3. The number of hydrogen-bond acceptors (Lipinski definition) is 0. The van der Waals surface area contributed by atoms with Crippen LogP contribution in [0.2, 0.25) is 0 Å². The standard InChI is InChI=1S/C19H33F/c1-2-3-5-16-7-11-18(12-8-16)19-13-9-17(10-14-19)6-4-15-20/h4,15-19H,2-3,5-14H2,1H3/t16-,17-,18-,19-. The SMILES string of the molecule is CCCC[C@H]1CC[C@H]([C@H]2CC[C@H](CC=CF)CC2)CC1. The van der Waals surface area contributed by atoms with Crippen LogP contribution < -0.4 is 0 Å². The summed E-state index contributed by atoms with van der Waals surface area (Å²) in [5.74, 6) is 3.81. The van der Waals surface area contributed by atoms with E-state index < -0.39 is 0 Å². The molecule has 0 bridgehead atoms. The van der Waals surface area contributed by atoms with Crippen molar-refractivity contribution in [3.63, 3.8) is 0 Å². The number of hydrogen-bond donors (Lipinski definition) is 0. The number of allylic oxidation sites excluding steroid dienone is 1. The molecule has 0 spiro atoms. The van der Waals surface area contributed by atoms with Crippen molar-refractivity contribution in [2.24, 2.45) is 23.7 Å². The first-order chi connectivity index (χ1) is 9.83. The van der Waals surface area contributed by atoms with Crippen molar-refractivity contribution < 1.29 is 4.39 Å². The Labute approximate surface area is 125 Å². The molecule has 0 saturated heterocycles. The van der Waals surface area contributed by atoms with E-state index in [4.69, 9.17) is 0 Å². The first-order valence-corrected chi connectivity index (χ1v) is 9.08. The molecule has 2 saturated carbocycles. The van der Waals surface area contributed by atoms with Gasteiger partial charge in [-0.25, -0.2) is 4.39 Å². The van der Waals surface area contributed by atoms with E-state index in [0.717, 1.165) is 36.4 Å². The molecule has 0 amide bonds. The van der Waals surface area contributed by atoms with Crippen molar-refractivity contribution in [3.05, 3.63) is 12.4 Å². The van der Waals surface area contributed by atoms with E-state index in [1.165, 1.54) is 70.6 Å². The second kappa shape index (κ2) is 8.85. The summed E-state index contributed by atoms with van der Waals surface area (Å²) in [6.07, 6.45) is 19.2. The second-order valence-electron chi connectivity index (χ2n) is 7.30. The van der Waals surface area contributed by atoms with Crippen LogP contribution >= 0.6 is 0 Å². The van der Waals surface area contributed by atoms with Crippen molar-refractivity contribution in [3.8, 4) is 0 Å². The highest BCUT2D eigenvalue weighted by molar-refractivity contribution is 4.85. The molecule has 2 aliphatic rings. The highest BCUT2D eigenvalue weighted by Crippen LogP contribution is 2.42. The molecule has 2 rings (SSSR count). The Kier molecular flexibility index (Phi) is 7.10. The van der Waals surface area contributed by atoms with Gasteiger partial charge in [0.25, 0.3) is 0 Å². The topological polar surface area (TPSA) is 0 Å². The van der Waals surface area contributed by atoms with Gasteiger partial charge in [-0.2, -0.15) is 0 Å². The van der Waals surface area contributed by atoms with Gasteiger partial charge >= 0.3 is 0 Å². The summed E-state index contributed by atoms with van der Waals surface area (Å²) in [5.41, 5.74) is 0. The van der Waals surface area contributed by atoms with E-state index in [9.17, 15) is 4.39 Å². The van der Waals surface area contributed by atoms with Crippen molar-refractivity contribution in [1.29, 1.82) is 0 Å². The molecule has 1 heteroatoms. The van der Waals surface area contributed by atoms with Gasteiger partial charge in [0, 0.05) is 0 Å². The quantitative estimate of drug-likeness (QED) is 0.510. The lowest BCUT2D eigenvalue weighted by Gasteiger charge is -2.37. The molecule has 2 fully saturated rings. The molecule has 20 heavy (non-hydrogen) atoms. The van der Waals surface area contributed by atoms with Crippen molar-refractivity contribution >= 4 is 0 Å². The van der Waals surface area contributed by atoms with Crippen LogP contribution in [0.5, 0.6) is 0 Å². The van der Waals surface area contributed by atoms with E-state index in [1.807, 2.05) is 0 Å². The summed E-state index contributed by atoms with van der Waals surface area (Å²) in [5, 5.41) is 0. The van der Waals surface area contributed by atoms with E-state index in [2.05, 4.69) is 6.92 Å². The van der Waals surface area contributed by atoms with Gasteiger partial charge in [0.2, 0.25) is 0 Å². The second-order valence-corrected chi connectivity index (χ2v) is 7.30.